The van der Waals surface area contributed by atoms with E-state index in [0.29, 0.717) is 19.0 Å². The van der Waals surface area contributed by atoms with E-state index in [9.17, 15) is 4.79 Å². The van der Waals surface area contributed by atoms with Gasteiger partial charge in [-0.2, -0.15) is 0 Å². The first kappa shape index (κ1) is 18.2. The van der Waals surface area contributed by atoms with Crippen molar-refractivity contribution in [2.75, 3.05) is 33.7 Å². The third kappa shape index (κ3) is 4.73. The van der Waals surface area contributed by atoms with Crippen LogP contribution in [0.3, 0.4) is 0 Å². The molecule has 1 fully saturated rings. The molecule has 0 radical (unpaired) electrons. The number of benzene rings is 1. The van der Waals surface area contributed by atoms with E-state index in [4.69, 9.17) is 4.74 Å². The topological polar surface area (TPSA) is 44.8 Å². The maximum atomic E-state index is 12.2. The smallest absolute Gasteiger partial charge is 0.221 e. The zero-order valence-electron chi connectivity index (χ0n) is 16.0. The van der Waals surface area contributed by atoms with Gasteiger partial charge in [0, 0.05) is 38.5 Å². The average molecular weight is 345 g/mol. The Kier molecular flexibility index (Phi) is 5.35. The normalized spacial score (nSPS) is 22.0. The average Bonchev–Trinajstić information content (AvgIpc) is 3.11. The van der Waals surface area contributed by atoms with Gasteiger partial charge >= 0.3 is 0 Å². The molecule has 5 nitrogen and oxygen atoms in total. The second-order valence-corrected chi connectivity index (χ2v) is 8.19. The Balaban J connectivity index is 1.42. The van der Waals surface area contributed by atoms with Crippen LogP contribution in [0.15, 0.2) is 18.2 Å². The highest BCUT2D eigenvalue weighted by Crippen LogP contribution is 2.35. The summed E-state index contributed by atoms with van der Waals surface area (Å²) in [6, 6.07) is 6.81. The van der Waals surface area contributed by atoms with Gasteiger partial charge in [0.25, 0.3) is 0 Å². The molecule has 0 aromatic heterocycles. The number of carbonyl (C=O) groups excluding carboxylic acids is 1. The lowest BCUT2D eigenvalue weighted by Gasteiger charge is -2.23. The summed E-state index contributed by atoms with van der Waals surface area (Å²) >= 11 is 0. The largest absolute Gasteiger partial charge is 0.487 e. The molecular weight excluding hydrogens is 314 g/mol. The highest BCUT2D eigenvalue weighted by Gasteiger charge is 2.29. The standard InChI is InChI=1S/C20H31N3O2/c1-20(2)12-16-11-15(5-6-18(16)25-20)13-21-19(24)8-10-23(4)17-7-9-22(3)14-17/h5-6,11,17H,7-10,12-14H2,1-4H3,(H,21,24)/t17-/m0/s1. The first-order valence-electron chi connectivity index (χ1n) is 9.29. The van der Waals surface area contributed by atoms with Gasteiger partial charge in [-0.1, -0.05) is 12.1 Å². The quantitative estimate of drug-likeness (QED) is 0.857. The van der Waals surface area contributed by atoms with Crippen molar-refractivity contribution in [3.63, 3.8) is 0 Å². The molecule has 138 valence electrons. The number of nitrogens with zero attached hydrogens (tertiary/aromatic N) is 2. The van der Waals surface area contributed by atoms with Gasteiger partial charge in [-0.05, 0) is 58.1 Å². The molecule has 3 rings (SSSR count). The lowest BCUT2D eigenvalue weighted by atomic mass is 10.0. The second-order valence-electron chi connectivity index (χ2n) is 8.19. The number of likely N-dealkylation sites (tertiary alicyclic amines) is 1. The molecule has 2 aliphatic rings. The maximum absolute atomic E-state index is 12.2. The second kappa shape index (κ2) is 7.34. The Morgan fingerprint density at radius 3 is 2.96 bits per heavy atom. The molecule has 1 aromatic rings. The fourth-order valence-electron chi connectivity index (χ4n) is 3.79. The van der Waals surface area contributed by atoms with Crippen LogP contribution in [0.4, 0.5) is 0 Å². The van der Waals surface area contributed by atoms with Crippen molar-refractivity contribution in [1.82, 2.24) is 15.1 Å². The zero-order chi connectivity index (χ0) is 18.0. The van der Waals surface area contributed by atoms with E-state index >= 15 is 0 Å². The van der Waals surface area contributed by atoms with Gasteiger partial charge in [0.1, 0.15) is 11.4 Å². The highest BCUT2D eigenvalue weighted by molar-refractivity contribution is 5.76. The van der Waals surface area contributed by atoms with Crippen molar-refractivity contribution in [3.8, 4) is 5.75 Å². The van der Waals surface area contributed by atoms with Crippen LogP contribution in [-0.2, 0) is 17.8 Å². The Morgan fingerprint density at radius 1 is 1.44 bits per heavy atom. The molecule has 0 spiro atoms. The van der Waals surface area contributed by atoms with Crippen LogP contribution in [0.5, 0.6) is 5.75 Å². The van der Waals surface area contributed by atoms with Crippen molar-refractivity contribution in [2.24, 2.45) is 0 Å². The maximum Gasteiger partial charge on any atom is 0.221 e. The lowest BCUT2D eigenvalue weighted by Crippen LogP contribution is -2.36. The fraction of sp³-hybridized carbons (Fsp3) is 0.650. The van der Waals surface area contributed by atoms with Crippen molar-refractivity contribution in [3.05, 3.63) is 29.3 Å². The van der Waals surface area contributed by atoms with Crippen LogP contribution in [0.2, 0.25) is 0 Å². The van der Waals surface area contributed by atoms with Crippen molar-refractivity contribution in [1.29, 1.82) is 0 Å². The van der Waals surface area contributed by atoms with E-state index in [-0.39, 0.29) is 11.5 Å². The van der Waals surface area contributed by atoms with Gasteiger partial charge in [0.2, 0.25) is 5.91 Å². The zero-order valence-corrected chi connectivity index (χ0v) is 16.0. The van der Waals surface area contributed by atoms with E-state index in [1.165, 1.54) is 12.0 Å². The molecule has 0 bridgehead atoms. The molecule has 1 N–H and O–H groups in total. The van der Waals surface area contributed by atoms with E-state index in [1.54, 1.807) is 0 Å². The van der Waals surface area contributed by atoms with Crippen LogP contribution in [0.25, 0.3) is 0 Å². The van der Waals surface area contributed by atoms with Crippen LogP contribution in [0.1, 0.15) is 37.8 Å². The fourth-order valence-corrected chi connectivity index (χ4v) is 3.79. The summed E-state index contributed by atoms with van der Waals surface area (Å²) in [5.41, 5.74) is 2.25. The number of hydrogen-bond donors (Lipinski definition) is 1. The van der Waals surface area contributed by atoms with E-state index in [0.717, 1.165) is 37.4 Å². The van der Waals surface area contributed by atoms with E-state index in [1.807, 2.05) is 12.1 Å². The number of fused-ring (bicyclic) bond motifs is 1. The predicted molar refractivity (Wildman–Crippen MR) is 99.8 cm³/mol. The molecule has 1 amide bonds. The minimum Gasteiger partial charge on any atom is -0.487 e. The molecular formula is C20H31N3O2. The highest BCUT2D eigenvalue weighted by atomic mass is 16.5. The molecule has 0 saturated carbocycles. The summed E-state index contributed by atoms with van der Waals surface area (Å²) in [6.45, 7) is 7.87. The van der Waals surface area contributed by atoms with Crippen molar-refractivity contribution >= 4 is 5.91 Å². The third-order valence-corrected chi connectivity index (χ3v) is 5.30. The SMILES string of the molecule is CN1CC[C@H](N(C)CCC(=O)NCc2ccc3c(c2)CC(C)(C)O3)C1. The third-order valence-electron chi connectivity index (χ3n) is 5.30. The van der Waals surface area contributed by atoms with Gasteiger partial charge in [0.05, 0.1) is 0 Å². The van der Waals surface area contributed by atoms with Gasteiger partial charge in [-0.15, -0.1) is 0 Å². The molecule has 5 heteroatoms. The summed E-state index contributed by atoms with van der Waals surface area (Å²) in [7, 11) is 4.28. The summed E-state index contributed by atoms with van der Waals surface area (Å²) in [4.78, 5) is 16.8. The Bertz CT molecular complexity index is 629. The van der Waals surface area contributed by atoms with Crippen LogP contribution in [0, 0.1) is 0 Å². The van der Waals surface area contributed by atoms with Crippen LogP contribution in [-0.4, -0.2) is 61.1 Å². The monoisotopic (exact) mass is 345 g/mol. The Morgan fingerprint density at radius 2 is 2.24 bits per heavy atom. The Hall–Kier alpha value is -1.59. The summed E-state index contributed by atoms with van der Waals surface area (Å²) < 4.78 is 5.90. The lowest BCUT2D eigenvalue weighted by molar-refractivity contribution is -0.121. The first-order valence-corrected chi connectivity index (χ1v) is 9.29. The number of rotatable bonds is 6. The molecule has 1 aromatic carbocycles. The number of likely N-dealkylation sites (N-methyl/N-ethyl adjacent to an activating group) is 2. The number of hydrogen-bond acceptors (Lipinski definition) is 4. The molecule has 2 heterocycles. The number of ether oxygens (including phenoxy) is 1. The van der Waals surface area contributed by atoms with Gasteiger partial charge < -0.3 is 19.9 Å². The minimum absolute atomic E-state index is 0.121. The number of amides is 1. The molecule has 1 saturated heterocycles. The van der Waals surface area contributed by atoms with Crippen molar-refractivity contribution in [2.45, 2.75) is 51.3 Å². The summed E-state index contributed by atoms with van der Waals surface area (Å²) in [5.74, 6) is 1.10. The number of nitrogens with one attached hydrogen (secondary N) is 1. The summed E-state index contributed by atoms with van der Waals surface area (Å²) in [5, 5.41) is 3.05. The first-order chi connectivity index (χ1) is 11.8. The molecule has 2 aliphatic heterocycles. The molecule has 25 heavy (non-hydrogen) atoms. The Labute approximate surface area is 151 Å². The van der Waals surface area contributed by atoms with Crippen molar-refractivity contribution < 1.29 is 9.53 Å². The van der Waals surface area contributed by atoms with Crippen LogP contribution < -0.4 is 10.1 Å². The van der Waals surface area contributed by atoms with Gasteiger partial charge in [-0.25, -0.2) is 0 Å². The van der Waals surface area contributed by atoms with Crippen LogP contribution >= 0.6 is 0 Å². The number of carbonyl (C=O) groups is 1. The van der Waals surface area contributed by atoms with E-state index < -0.39 is 0 Å². The summed E-state index contributed by atoms with van der Waals surface area (Å²) in [6.07, 6.45) is 2.67. The predicted octanol–water partition coefficient (Wildman–Crippen LogP) is 2.04. The molecule has 0 unspecified atom stereocenters. The molecule has 0 aliphatic carbocycles. The van der Waals surface area contributed by atoms with Gasteiger partial charge in [0.15, 0.2) is 0 Å². The van der Waals surface area contributed by atoms with Gasteiger partial charge in [-0.3, -0.25) is 4.79 Å². The van der Waals surface area contributed by atoms with E-state index in [2.05, 4.69) is 49.1 Å². The molecule has 1 atom stereocenters. The minimum atomic E-state index is -0.122.